The topological polar surface area (TPSA) is 141 Å². The average molecular weight is 576 g/mol. The van der Waals surface area contributed by atoms with E-state index >= 15 is 0 Å². The van der Waals surface area contributed by atoms with E-state index in [2.05, 4.69) is 44.8 Å². The molecule has 1 aliphatic heterocycles. The number of nitrogens with one attached hydrogen (secondary N) is 3. The van der Waals surface area contributed by atoms with Crippen LogP contribution in [0, 0.1) is 0 Å². The van der Waals surface area contributed by atoms with Gasteiger partial charge in [-0.25, -0.2) is 33.1 Å². The Labute approximate surface area is 235 Å². The van der Waals surface area contributed by atoms with Crippen LogP contribution in [0.1, 0.15) is 0 Å². The first-order chi connectivity index (χ1) is 19.4. The van der Waals surface area contributed by atoms with Gasteiger partial charge < -0.3 is 24.8 Å². The molecule has 0 unspecified atom stereocenters. The standard InChI is InChI=1S/C26H25N9O3S2/c1-38-18-5-8-20-21(15-18)32-23-22(20)24(30-16-29-23)34-11-13-35(14-12-34)26(39)31-17-3-6-19(7-4-17)40(36,37)33-25-27-9-2-10-28-25/h2-10,15-16H,11-14H2,1H3,(H,31,39)(H,27,28,33)(H,29,30,32). The minimum Gasteiger partial charge on any atom is -0.497 e. The highest BCUT2D eigenvalue weighted by Crippen LogP contribution is 2.33. The van der Waals surface area contributed by atoms with Gasteiger partial charge in [0.15, 0.2) is 5.11 Å². The maximum atomic E-state index is 12.6. The number of nitrogens with zero attached hydrogens (tertiary/aromatic N) is 6. The van der Waals surface area contributed by atoms with Crippen LogP contribution in [0.4, 0.5) is 17.5 Å². The van der Waals surface area contributed by atoms with Crippen molar-refractivity contribution in [2.45, 2.75) is 4.90 Å². The second-order valence-electron chi connectivity index (χ2n) is 9.06. The lowest BCUT2D eigenvalue weighted by molar-refractivity contribution is 0.390. The van der Waals surface area contributed by atoms with Crippen LogP contribution in [0.15, 0.2) is 72.1 Å². The first-order valence-electron chi connectivity index (χ1n) is 12.4. The van der Waals surface area contributed by atoms with Crippen LogP contribution >= 0.6 is 12.2 Å². The summed E-state index contributed by atoms with van der Waals surface area (Å²) in [7, 11) is -2.16. The van der Waals surface area contributed by atoms with Crippen molar-refractivity contribution < 1.29 is 13.2 Å². The molecule has 0 bridgehead atoms. The molecule has 2 aromatic carbocycles. The second kappa shape index (κ2) is 10.5. The Bertz CT molecular complexity index is 1790. The predicted octanol–water partition coefficient (Wildman–Crippen LogP) is 3.23. The van der Waals surface area contributed by atoms with Gasteiger partial charge in [0.2, 0.25) is 5.95 Å². The summed E-state index contributed by atoms with van der Waals surface area (Å²) in [5.74, 6) is 1.67. The molecule has 4 heterocycles. The molecule has 0 aliphatic carbocycles. The van der Waals surface area contributed by atoms with Crippen molar-refractivity contribution in [2.24, 2.45) is 0 Å². The van der Waals surface area contributed by atoms with E-state index in [0.717, 1.165) is 46.6 Å². The third-order valence-corrected chi connectivity index (χ3v) is 8.35. The highest BCUT2D eigenvalue weighted by atomic mass is 32.2. The zero-order chi connectivity index (χ0) is 27.7. The van der Waals surface area contributed by atoms with Gasteiger partial charge in [-0.15, -0.1) is 0 Å². The van der Waals surface area contributed by atoms with Gasteiger partial charge in [-0.1, -0.05) is 0 Å². The Morgan fingerprint density at radius 1 is 1.00 bits per heavy atom. The van der Waals surface area contributed by atoms with Gasteiger partial charge in [-0.3, -0.25) is 0 Å². The van der Waals surface area contributed by atoms with Gasteiger partial charge in [0.1, 0.15) is 23.5 Å². The highest BCUT2D eigenvalue weighted by Gasteiger charge is 2.23. The number of fused-ring (bicyclic) bond motifs is 3. The van der Waals surface area contributed by atoms with Crippen molar-refractivity contribution in [2.75, 3.05) is 48.2 Å². The Hall–Kier alpha value is -4.56. The summed E-state index contributed by atoms with van der Waals surface area (Å²) in [5.41, 5.74) is 2.42. The SMILES string of the molecule is COc1ccc2c(c1)[nH]c1ncnc(N3CCN(C(=S)Nc4ccc(S(=O)(=O)Nc5ncccn5)cc4)CC3)c12. The molecule has 6 rings (SSSR count). The number of anilines is 3. The molecule has 14 heteroatoms. The van der Waals surface area contributed by atoms with Crippen molar-refractivity contribution >= 4 is 66.7 Å². The van der Waals surface area contributed by atoms with Crippen LogP contribution in [0.5, 0.6) is 5.75 Å². The summed E-state index contributed by atoms with van der Waals surface area (Å²) in [6, 6.07) is 13.9. The number of aromatic amines is 1. The first kappa shape index (κ1) is 25.7. The fourth-order valence-corrected chi connectivity index (χ4v) is 5.89. The Kier molecular flexibility index (Phi) is 6.77. The van der Waals surface area contributed by atoms with Gasteiger partial charge in [-0.05, 0) is 54.7 Å². The van der Waals surface area contributed by atoms with Crippen LogP contribution in [0.3, 0.4) is 0 Å². The van der Waals surface area contributed by atoms with Crippen LogP contribution in [0.2, 0.25) is 0 Å². The molecule has 0 amide bonds. The van der Waals surface area contributed by atoms with Gasteiger partial charge in [0, 0.05) is 55.7 Å². The van der Waals surface area contributed by atoms with E-state index in [1.54, 1.807) is 31.6 Å². The summed E-state index contributed by atoms with van der Waals surface area (Å²) >= 11 is 5.66. The summed E-state index contributed by atoms with van der Waals surface area (Å²) < 4.78 is 33.0. The number of methoxy groups -OCH3 is 1. The van der Waals surface area contributed by atoms with Gasteiger partial charge >= 0.3 is 0 Å². The molecular weight excluding hydrogens is 550 g/mol. The van der Waals surface area contributed by atoms with E-state index in [0.29, 0.717) is 23.9 Å². The molecule has 1 saturated heterocycles. The number of sulfonamides is 1. The zero-order valence-corrected chi connectivity index (χ0v) is 23.0. The molecular formula is C26H25N9O3S2. The number of H-pyrrole nitrogens is 1. The van der Waals surface area contributed by atoms with Gasteiger partial charge in [0.25, 0.3) is 10.0 Å². The monoisotopic (exact) mass is 575 g/mol. The van der Waals surface area contributed by atoms with Gasteiger partial charge in [0.05, 0.1) is 22.9 Å². The van der Waals surface area contributed by atoms with E-state index in [4.69, 9.17) is 17.0 Å². The first-order valence-corrected chi connectivity index (χ1v) is 14.3. The molecule has 3 N–H and O–H groups in total. The van der Waals surface area contributed by atoms with Crippen molar-refractivity contribution in [3.05, 3.63) is 67.3 Å². The second-order valence-corrected chi connectivity index (χ2v) is 11.1. The molecule has 0 atom stereocenters. The summed E-state index contributed by atoms with van der Waals surface area (Å²) in [4.78, 5) is 24.6. The molecule has 40 heavy (non-hydrogen) atoms. The number of ether oxygens (including phenoxy) is 1. The summed E-state index contributed by atoms with van der Waals surface area (Å²) in [6.07, 6.45) is 4.51. The average Bonchev–Trinajstić information content (AvgIpc) is 3.36. The number of hydrogen-bond acceptors (Lipinski definition) is 9. The van der Waals surface area contributed by atoms with Crippen molar-refractivity contribution in [1.29, 1.82) is 0 Å². The fraction of sp³-hybridized carbons (Fsp3) is 0.192. The number of thiocarbonyl (C=S) groups is 1. The van der Waals surface area contributed by atoms with E-state index in [1.807, 2.05) is 18.2 Å². The molecule has 12 nitrogen and oxygen atoms in total. The maximum absolute atomic E-state index is 12.6. The molecule has 0 saturated carbocycles. The highest BCUT2D eigenvalue weighted by molar-refractivity contribution is 7.92. The van der Waals surface area contributed by atoms with Crippen LogP contribution < -0.4 is 19.7 Å². The lowest BCUT2D eigenvalue weighted by Crippen LogP contribution is -2.50. The number of hydrogen-bond donors (Lipinski definition) is 3. The number of piperazine rings is 1. The van der Waals surface area contributed by atoms with Crippen LogP contribution in [-0.4, -0.2) is 76.6 Å². The number of rotatable bonds is 6. The summed E-state index contributed by atoms with van der Waals surface area (Å²) in [5, 5.41) is 5.81. The quantitative estimate of drug-likeness (QED) is 0.257. The Morgan fingerprint density at radius 2 is 1.75 bits per heavy atom. The minimum atomic E-state index is -3.81. The smallest absolute Gasteiger partial charge is 0.264 e. The lowest BCUT2D eigenvalue weighted by atomic mass is 10.2. The molecule has 0 spiro atoms. The Morgan fingerprint density at radius 3 is 2.48 bits per heavy atom. The molecule has 1 fully saturated rings. The van der Waals surface area contributed by atoms with Crippen molar-refractivity contribution in [1.82, 2.24) is 29.8 Å². The third-order valence-electron chi connectivity index (χ3n) is 6.65. The van der Waals surface area contributed by atoms with E-state index in [1.165, 1.54) is 24.5 Å². The predicted molar refractivity (Wildman–Crippen MR) is 157 cm³/mol. The normalized spacial score (nSPS) is 13.9. The van der Waals surface area contributed by atoms with Crippen LogP contribution in [-0.2, 0) is 10.0 Å². The minimum absolute atomic E-state index is 0.0117. The number of benzene rings is 2. The molecule has 5 aromatic rings. The molecule has 204 valence electrons. The zero-order valence-electron chi connectivity index (χ0n) is 21.4. The summed E-state index contributed by atoms with van der Waals surface area (Å²) in [6.45, 7) is 2.84. The van der Waals surface area contributed by atoms with Gasteiger partial charge in [-0.2, -0.15) is 0 Å². The largest absolute Gasteiger partial charge is 0.497 e. The molecule has 3 aromatic heterocycles. The molecule has 0 radical (unpaired) electrons. The van der Waals surface area contributed by atoms with Crippen molar-refractivity contribution in [3.8, 4) is 5.75 Å². The molecule has 1 aliphatic rings. The lowest BCUT2D eigenvalue weighted by Gasteiger charge is -2.37. The fourth-order valence-electron chi connectivity index (χ4n) is 4.63. The third kappa shape index (κ3) is 5.05. The van der Waals surface area contributed by atoms with Crippen LogP contribution in [0.25, 0.3) is 21.9 Å². The van der Waals surface area contributed by atoms with E-state index < -0.39 is 10.0 Å². The Balaban J connectivity index is 1.10. The number of aromatic nitrogens is 5. The van der Waals surface area contributed by atoms with E-state index in [-0.39, 0.29) is 10.8 Å². The van der Waals surface area contributed by atoms with E-state index in [9.17, 15) is 8.42 Å². The maximum Gasteiger partial charge on any atom is 0.264 e. The van der Waals surface area contributed by atoms with Crippen molar-refractivity contribution in [3.63, 3.8) is 0 Å².